The highest BCUT2D eigenvalue weighted by Crippen LogP contribution is 2.33. The molecule has 0 fully saturated rings. The normalized spacial score (nSPS) is 14.1. The fourth-order valence-corrected chi connectivity index (χ4v) is 57.6. The molecule has 0 heterocycles. The maximum atomic E-state index is 5.12. The third-order valence-electron chi connectivity index (χ3n) is 28.9. The molecule has 9 aromatic rings. The van der Waals surface area contributed by atoms with Crippen LogP contribution >= 0.6 is 7.92 Å². The summed E-state index contributed by atoms with van der Waals surface area (Å²) in [5, 5.41) is 41.2. The minimum absolute atomic E-state index is 1.47. The fourth-order valence-electron chi connectivity index (χ4n) is 18.0. The van der Waals surface area contributed by atoms with Gasteiger partial charge < -0.3 is 0 Å². The maximum absolute atomic E-state index is 5.12. The highest BCUT2D eigenvalue weighted by molar-refractivity contribution is 7.73. The van der Waals surface area contributed by atoms with Crippen LogP contribution in [0, 0.1) is 33.6 Å². The fraction of sp³-hybridized carbons (Fsp3) is 0.474. The lowest BCUT2D eigenvalue weighted by Crippen LogP contribution is -2.71. The summed E-state index contributed by atoms with van der Waals surface area (Å²) in [5.74, 6) is 0. The first-order valence-electron chi connectivity index (χ1n) is 51.5. The van der Waals surface area contributed by atoms with Gasteiger partial charge in [0.2, 0.25) is 24.2 Å². The molecule has 9 aromatic carbocycles. The Morgan fingerprint density at radius 2 is 0.162 bits per heavy atom. The molecule has 734 valence electrons. The maximum Gasteiger partial charge on any atom is 0.230 e. The summed E-state index contributed by atoms with van der Waals surface area (Å²) >= 11 is 0. The zero-order chi connectivity index (χ0) is 104. The monoisotopic (exact) mass is 2180 g/mol. The van der Waals surface area contributed by atoms with Crippen molar-refractivity contribution in [2.45, 2.75) is 354 Å². The second-order valence-corrected chi connectivity index (χ2v) is 163. The Bertz CT molecular complexity index is 4760. The van der Waals surface area contributed by atoms with Crippen molar-refractivity contribution in [3.8, 4) is 33.6 Å². The largest absolute Gasteiger partial charge is 0.230 e. The van der Waals surface area contributed by atoms with Crippen LogP contribution in [0.5, 0.6) is 0 Å². The van der Waals surface area contributed by atoms with Gasteiger partial charge in [0, 0.05) is 0 Å². The summed E-state index contributed by atoms with van der Waals surface area (Å²) in [6.07, 6.45) is 0. The second-order valence-electron chi connectivity index (χ2n) is 60.0. The number of hydrogen-bond acceptors (Lipinski definition) is 0. The molecule has 0 N–H and O–H groups in total. The first-order valence-corrected chi connectivity index (χ1v) is 122. The molecule has 136 heavy (non-hydrogen) atoms. The van der Waals surface area contributed by atoms with Gasteiger partial charge in [-0.25, -0.2) is 0 Å². The molecule has 0 bridgehead atoms. The molecule has 0 saturated heterocycles. The molecule has 0 aromatic heterocycles. The molecule has 22 heteroatoms. The predicted molar refractivity (Wildman–Crippen MR) is 696 cm³/mol. The van der Waals surface area contributed by atoms with E-state index in [1.165, 1.54) is 46.7 Å². The van der Waals surface area contributed by atoms with Gasteiger partial charge in [-0.1, -0.05) is 628 Å². The van der Waals surface area contributed by atoms with Crippen LogP contribution in [0.2, 0.25) is 354 Å². The van der Waals surface area contributed by atoms with Gasteiger partial charge in [0.05, 0.1) is 145 Å². The number of hydrogen-bond donors (Lipinski definition) is 0. The first kappa shape index (κ1) is 116. The molecule has 0 spiro atoms. The molecular formula is C114H189PSi21. The molecule has 0 unspecified atom stereocenters. The van der Waals surface area contributed by atoms with Crippen LogP contribution in [0.3, 0.4) is 0 Å². The van der Waals surface area contributed by atoms with Crippen LogP contribution in [0.1, 0.15) is 0 Å². The van der Waals surface area contributed by atoms with Gasteiger partial charge in [-0.2, -0.15) is 0 Å². The third-order valence-corrected chi connectivity index (χ3v) is 78.9. The Labute approximate surface area is 859 Å². The molecule has 0 aliphatic heterocycles. The van der Waals surface area contributed by atoms with E-state index >= 15 is 0 Å². The summed E-state index contributed by atoms with van der Waals surface area (Å²) in [6.45, 7) is 142. The standard InChI is InChI=1S/C114H189PSi21/c1-116(2,3)88-61-89(117(4,5)6)71-106(70-88)134(107-72-90(118(7,8)9)62-91(73-107)119(10,11)12,108-74-92(120(13,14)15)63-93(75-108)121(16,17)18)58-55-115(56-59-135(109-76-94(122(19,20)21)64-95(77-109)123(22,23)24,110-78-96(124(25,26)27)65-97(79-110)125(28,29)30)111-80-98(126(31,32)33)66-99(81-111)127(34,35)36)57-60-136(112-82-100(128(37,38)39)67-101(83-112)129(40,41)42,113-84-102(130(43,44)45)68-103(85-113)131(46,47)48)114-86-104(132(49,50)51)69-105(87-114)133(52,53)54/h61-87H,1-54H3. The smallest absolute Gasteiger partial charge is 0.108 e. The Morgan fingerprint density at radius 3 is 0.221 bits per heavy atom. The molecule has 0 aliphatic rings. The quantitative estimate of drug-likeness (QED) is 0.0208. The van der Waals surface area contributed by atoms with Crippen LogP contribution in [-0.4, -0.2) is 170 Å². The van der Waals surface area contributed by atoms with E-state index < -0.39 is 177 Å². The van der Waals surface area contributed by atoms with Gasteiger partial charge >= 0.3 is 0 Å². The highest BCUT2D eigenvalue weighted by Gasteiger charge is 2.50. The Kier molecular flexibility index (Phi) is 33.4. The van der Waals surface area contributed by atoms with E-state index in [4.69, 9.17) is 33.6 Å². The molecule has 0 radical (unpaired) electrons. The minimum atomic E-state index is -3.79. The molecule has 0 amide bonds. The number of benzene rings is 9. The van der Waals surface area contributed by atoms with E-state index in [1.54, 1.807) is 93.4 Å². The van der Waals surface area contributed by atoms with Crippen molar-refractivity contribution in [1.29, 1.82) is 0 Å². The molecule has 0 atom stereocenters. The topological polar surface area (TPSA) is 0 Å². The van der Waals surface area contributed by atoms with Crippen molar-refractivity contribution >= 4 is 318 Å². The molecule has 0 aliphatic carbocycles. The van der Waals surface area contributed by atoms with Crippen molar-refractivity contribution in [3.63, 3.8) is 0 Å². The van der Waals surface area contributed by atoms with Gasteiger partial charge in [0.15, 0.2) is 0 Å². The summed E-state index contributed by atoms with van der Waals surface area (Å²) < 4.78 is 0. The van der Waals surface area contributed by atoms with Crippen LogP contribution < -0.4 is 140 Å². The van der Waals surface area contributed by atoms with Crippen molar-refractivity contribution < 1.29 is 0 Å². The van der Waals surface area contributed by atoms with Crippen LogP contribution in [0.15, 0.2) is 164 Å². The zero-order valence-electron chi connectivity index (χ0n) is 97.0. The van der Waals surface area contributed by atoms with Crippen molar-refractivity contribution in [1.82, 2.24) is 0 Å². The van der Waals surface area contributed by atoms with E-state index in [0.717, 1.165) is 0 Å². The zero-order valence-corrected chi connectivity index (χ0v) is 119. The summed E-state index contributed by atoms with van der Waals surface area (Å²) in [7, 11) is -51.0. The number of rotatable bonds is 27. The van der Waals surface area contributed by atoms with Gasteiger partial charge in [-0.15, -0.1) is 16.6 Å². The Balaban J connectivity index is 1.90. The van der Waals surface area contributed by atoms with E-state index in [2.05, 4.69) is 517 Å². The average Bonchev–Trinajstić information content (AvgIpc) is 0.727. The van der Waals surface area contributed by atoms with E-state index in [1.807, 2.05) is 0 Å². The van der Waals surface area contributed by atoms with E-state index in [9.17, 15) is 0 Å². The highest BCUT2D eigenvalue weighted by atomic mass is 31.1. The van der Waals surface area contributed by atoms with Crippen molar-refractivity contribution in [3.05, 3.63) is 164 Å². The average molecular weight is 2180 g/mol. The lowest BCUT2D eigenvalue weighted by atomic mass is 10.3. The van der Waals surface area contributed by atoms with Crippen LogP contribution in [-0.2, 0) is 0 Å². The Morgan fingerprint density at radius 1 is 0.103 bits per heavy atom. The lowest BCUT2D eigenvalue weighted by molar-refractivity contribution is 1.65. The van der Waals surface area contributed by atoms with E-state index in [0.29, 0.717) is 0 Å². The van der Waals surface area contributed by atoms with Crippen molar-refractivity contribution in [2.75, 3.05) is 0 Å². The van der Waals surface area contributed by atoms with Gasteiger partial charge in [0.1, 0.15) is 7.92 Å². The van der Waals surface area contributed by atoms with Crippen molar-refractivity contribution in [2.24, 2.45) is 0 Å². The molecular weight excluding hydrogens is 1990 g/mol. The Hall–Kier alpha value is -3.36. The van der Waals surface area contributed by atoms with Crippen LogP contribution in [0.4, 0.5) is 0 Å². The third kappa shape index (κ3) is 27.1. The van der Waals surface area contributed by atoms with Gasteiger partial charge in [0.25, 0.3) is 0 Å². The van der Waals surface area contributed by atoms with Gasteiger partial charge in [-0.3, -0.25) is 0 Å². The second kappa shape index (κ2) is 39.1. The predicted octanol–water partition coefficient (Wildman–Crippen LogP) is 17.3. The first-order chi connectivity index (χ1) is 60.6. The summed E-state index contributed by atoms with van der Waals surface area (Å²) in [6, 6.07) is 75.4. The van der Waals surface area contributed by atoms with Crippen LogP contribution in [0.25, 0.3) is 0 Å². The van der Waals surface area contributed by atoms with E-state index in [-0.39, 0.29) is 0 Å². The molecule has 9 rings (SSSR count). The van der Waals surface area contributed by atoms with Gasteiger partial charge in [-0.05, 0) is 46.7 Å². The summed E-state index contributed by atoms with van der Waals surface area (Å²) in [5.41, 5.74) is 30.1. The molecule has 0 nitrogen and oxygen atoms in total. The molecule has 0 saturated carbocycles. The SMILES string of the molecule is C[Si](C)(C)c1cc([Si](C)(C)C)cc([Si](C#CP(C#C[Si](c2cc([Si](C)(C)C)cc([Si](C)(C)C)c2)(c2cc([Si](C)(C)C)cc([Si](C)(C)C)c2)c2cc([Si](C)(C)C)cc([Si](C)(C)C)c2)C#C[Si](c2cc([Si](C)(C)C)cc([Si](C)(C)C)c2)(c2cc([Si](C)(C)C)cc([Si](C)(C)C)c2)c2cc([Si](C)(C)C)cc([Si](C)(C)C)c2)(c2cc([Si](C)(C)C)cc([Si](C)(C)C)c2)c2cc([Si](C)(C)C)cc([Si](C)(C)C)c2)c1. The minimum Gasteiger partial charge on any atom is -0.108 e. The summed E-state index contributed by atoms with van der Waals surface area (Å²) in [4.78, 5) is 0. The lowest BCUT2D eigenvalue weighted by Gasteiger charge is -2.36.